The Kier molecular flexibility index (Phi) is 4.95. The summed E-state index contributed by atoms with van der Waals surface area (Å²) in [5.74, 6) is -2.00. The van der Waals surface area contributed by atoms with Crippen LogP contribution in [0.5, 0.6) is 5.75 Å². The van der Waals surface area contributed by atoms with E-state index in [9.17, 15) is 13.2 Å². The van der Waals surface area contributed by atoms with Crippen molar-refractivity contribution in [2.45, 2.75) is 0 Å². The molecule has 0 atom stereocenters. The predicted molar refractivity (Wildman–Crippen MR) is 65.9 cm³/mol. The normalized spacial score (nSPS) is 11.1. The largest absolute Gasteiger partial charge is 0.492 e. The van der Waals surface area contributed by atoms with Crippen molar-refractivity contribution in [2.75, 3.05) is 18.1 Å². The van der Waals surface area contributed by atoms with Crippen LogP contribution in [0.25, 0.3) is 0 Å². The van der Waals surface area contributed by atoms with Crippen molar-refractivity contribution in [3.8, 4) is 5.75 Å². The van der Waals surface area contributed by atoms with Crippen LogP contribution in [-0.2, 0) is 14.6 Å². The topological polar surface area (TPSA) is 80.7 Å². The third kappa shape index (κ3) is 5.69. The summed E-state index contributed by atoms with van der Waals surface area (Å²) in [6.07, 6.45) is 0. The van der Waals surface area contributed by atoms with Crippen LogP contribution in [-0.4, -0.2) is 37.6 Å². The van der Waals surface area contributed by atoms with E-state index in [1.165, 1.54) is 0 Å². The number of benzene rings is 1. The highest BCUT2D eigenvalue weighted by Gasteiger charge is 2.15. The van der Waals surface area contributed by atoms with Gasteiger partial charge in [-0.2, -0.15) is 0 Å². The Hall–Kier alpha value is -1.08. The van der Waals surface area contributed by atoms with Crippen LogP contribution in [0.2, 0.25) is 0 Å². The molecule has 94 valence electrons. The van der Waals surface area contributed by atoms with Gasteiger partial charge in [0.15, 0.2) is 9.84 Å². The second-order valence-electron chi connectivity index (χ2n) is 3.29. The molecule has 0 aliphatic rings. The number of aliphatic carboxylic acids is 1. The second kappa shape index (κ2) is 6.02. The number of carboxylic acids is 1. The summed E-state index contributed by atoms with van der Waals surface area (Å²) < 4.78 is 28.5. The predicted octanol–water partition coefficient (Wildman–Crippen LogP) is 1.33. The molecule has 0 aliphatic carbocycles. The molecular formula is C10H11BrO5S. The second-order valence-corrected chi connectivity index (χ2v) is 6.39. The van der Waals surface area contributed by atoms with Gasteiger partial charge in [0.25, 0.3) is 0 Å². The highest BCUT2D eigenvalue weighted by Crippen LogP contribution is 2.17. The number of ether oxygens (including phenoxy) is 1. The Morgan fingerprint density at radius 3 is 2.71 bits per heavy atom. The third-order valence-electron chi connectivity index (χ3n) is 1.80. The van der Waals surface area contributed by atoms with E-state index in [-0.39, 0.29) is 12.4 Å². The number of carboxylic acid groups (broad SMARTS) is 1. The van der Waals surface area contributed by atoms with E-state index in [1.807, 2.05) is 6.07 Å². The molecule has 0 spiro atoms. The molecule has 0 amide bonds. The first-order valence-corrected chi connectivity index (χ1v) is 7.31. The zero-order valence-corrected chi connectivity index (χ0v) is 11.2. The standard InChI is InChI=1S/C10H11BrO5S/c11-8-2-1-3-9(6-8)16-4-5-17(14,15)7-10(12)13/h1-3,6H,4-5,7H2,(H,12,13). The van der Waals surface area contributed by atoms with E-state index in [2.05, 4.69) is 15.9 Å². The Morgan fingerprint density at radius 1 is 1.41 bits per heavy atom. The maximum Gasteiger partial charge on any atom is 0.318 e. The smallest absolute Gasteiger partial charge is 0.318 e. The molecule has 1 aromatic carbocycles. The van der Waals surface area contributed by atoms with Crippen molar-refractivity contribution in [3.05, 3.63) is 28.7 Å². The maximum absolute atomic E-state index is 11.2. The molecule has 0 unspecified atom stereocenters. The lowest BCUT2D eigenvalue weighted by molar-refractivity contribution is -0.134. The van der Waals surface area contributed by atoms with Crippen molar-refractivity contribution in [3.63, 3.8) is 0 Å². The molecule has 1 rings (SSSR count). The van der Waals surface area contributed by atoms with Crippen LogP contribution in [0.4, 0.5) is 0 Å². The number of hydrogen-bond acceptors (Lipinski definition) is 4. The summed E-state index contributed by atoms with van der Waals surface area (Å²) in [6, 6.07) is 6.96. The average molecular weight is 323 g/mol. The molecular weight excluding hydrogens is 312 g/mol. The van der Waals surface area contributed by atoms with Crippen molar-refractivity contribution < 1.29 is 23.1 Å². The number of sulfone groups is 1. The maximum atomic E-state index is 11.2. The van der Waals surface area contributed by atoms with Gasteiger partial charge in [0.05, 0.1) is 5.75 Å². The van der Waals surface area contributed by atoms with Crippen molar-refractivity contribution in [1.29, 1.82) is 0 Å². The van der Waals surface area contributed by atoms with Gasteiger partial charge in [0.1, 0.15) is 18.1 Å². The molecule has 0 saturated heterocycles. The van der Waals surface area contributed by atoms with Gasteiger partial charge in [0.2, 0.25) is 0 Å². The van der Waals surface area contributed by atoms with E-state index in [4.69, 9.17) is 9.84 Å². The van der Waals surface area contributed by atoms with E-state index >= 15 is 0 Å². The summed E-state index contributed by atoms with van der Waals surface area (Å²) in [5.41, 5.74) is 0. The molecule has 0 aliphatic heterocycles. The summed E-state index contributed by atoms with van der Waals surface area (Å²) in [6.45, 7) is -0.0634. The Labute approximate surface area is 107 Å². The van der Waals surface area contributed by atoms with Crippen LogP contribution >= 0.6 is 15.9 Å². The molecule has 0 bridgehead atoms. The van der Waals surface area contributed by atoms with Crippen molar-refractivity contribution >= 4 is 31.7 Å². The van der Waals surface area contributed by atoms with Crippen LogP contribution in [0.15, 0.2) is 28.7 Å². The Morgan fingerprint density at radius 2 is 2.12 bits per heavy atom. The first-order chi connectivity index (χ1) is 7.89. The molecule has 0 radical (unpaired) electrons. The summed E-state index contributed by atoms with van der Waals surface area (Å²) in [4.78, 5) is 10.3. The number of halogens is 1. The molecule has 1 aromatic rings. The molecule has 0 heterocycles. The van der Waals surface area contributed by atoms with Gasteiger partial charge in [-0.3, -0.25) is 4.79 Å². The van der Waals surface area contributed by atoms with Crippen molar-refractivity contribution in [1.82, 2.24) is 0 Å². The van der Waals surface area contributed by atoms with E-state index in [0.717, 1.165) is 4.47 Å². The minimum absolute atomic E-state index is 0.0634. The van der Waals surface area contributed by atoms with Crippen LogP contribution in [0, 0.1) is 0 Å². The zero-order valence-electron chi connectivity index (χ0n) is 8.80. The van der Waals surface area contributed by atoms with Crippen molar-refractivity contribution in [2.24, 2.45) is 0 Å². The highest BCUT2D eigenvalue weighted by atomic mass is 79.9. The average Bonchev–Trinajstić information content (AvgIpc) is 2.15. The summed E-state index contributed by atoms with van der Waals surface area (Å²) in [7, 11) is -3.60. The fourth-order valence-electron chi connectivity index (χ4n) is 1.10. The van der Waals surface area contributed by atoms with Gasteiger partial charge in [-0.15, -0.1) is 0 Å². The molecule has 0 fully saturated rings. The fourth-order valence-corrected chi connectivity index (χ4v) is 2.34. The molecule has 7 heteroatoms. The van der Waals surface area contributed by atoms with Gasteiger partial charge >= 0.3 is 5.97 Å². The lowest BCUT2D eigenvalue weighted by atomic mass is 10.3. The quantitative estimate of drug-likeness (QED) is 0.854. The van der Waals surface area contributed by atoms with Gasteiger partial charge in [0, 0.05) is 4.47 Å². The fraction of sp³-hybridized carbons (Fsp3) is 0.300. The monoisotopic (exact) mass is 322 g/mol. The van der Waals surface area contributed by atoms with E-state index in [0.29, 0.717) is 5.75 Å². The van der Waals surface area contributed by atoms with E-state index < -0.39 is 21.6 Å². The van der Waals surface area contributed by atoms with Gasteiger partial charge in [-0.1, -0.05) is 22.0 Å². The van der Waals surface area contributed by atoms with Gasteiger partial charge in [-0.05, 0) is 18.2 Å². The summed E-state index contributed by atoms with van der Waals surface area (Å²) in [5, 5.41) is 8.38. The highest BCUT2D eigenvalue weighted by molar-refractivity contribution is 9.10. The van der Waals surface area contributed by atoms with Gasteiger partial charge in [-0.25, -0.2) is 8.42 Å². The lowest BCUT2D eigenvalue weighted by Crippen LogP contribution is -2.21. The SMILES string of the molecule is O=C(O)CS(=O)(=O)CCOc1cccc(Br)c1. The van der Waals surface area contributed by atoms with E-state index in [1.54, 1.807) is 18.2 Å². The molecule has 0 saturated carbocycles. The van der Waals surface area contributed by atoms with Crippen LogP contribution in [0.3, 0.4) is 0 Å². The molecule has 5 nitrogen and oxygen atoms in total. The minimum Gasteiger partial charge on any atom is -0.492 e. The molecule has 0 aromatic heterocycles. The number of carbonyl (C=O) groups is 1. The molecule has 1 N–H and O–H groups in total. The zero-order chi connectivity index (χ0) is 12.9. The Balaban J connectivity index is 2.45. The van der Waals surface area contributed by atoms with Crippen LogP contribution in [0.1, 0.15) is 0 Å². The van der Waals surface area contributed by atoms with Gasteiger partial charge < -0.3 is 9.84 Å². The number of rotatable bonds is 6. The number of hydrogen-bond donors (Lipinski definition) is 1. The van der Waals surface area contributed by atoms with Crippen LogP contribution < -0.4 is 4.74 Å². The third-order valence-corrected chi connectivity index (χ3v) is 3.77. The minimum atomic E-state index is -3.60. The Bertz CT molecular complexity index is 497. The summed E-state index contributed by atoms with van der Waals surface area (Å²) >= 11 is 3.25. The lowest BCUT2D eigenvalue weighted by Gasteiger charge is -2.06. The molecule has 17 heavy (non-hydrogen) atoms. The first kappa shape index (κ1) is 14.0. The first-order valence-electron chi connectivity index (χ1n) is 4.70.